The largest absolute Gasteiger partial charge is 0.284 e. The molecule has 0 saturated carbocycles. The number of carbonyl (C=O) groups is 1. The zero-order valence-electron chi connectivity index (χ0n) is 13.8. The molecule has 0 spiro atoms. The summed E-state index contributed by atoms with van der Waals surface area (Å²) in [4.78, 5) is 14.3. The zero-order chi connectivity index (χ0) is 17.6. The Morgan fingerprint density at radius 2 is 1.88 bits per heavy atom. The van der Waals surface area contributed by atoms with Gasteiger partial charge in [0.25, 0.3) is 0 Å². The normalized spacial score (nSPS) is 19.3. The quantitative estimate of drug-likeness (QED) is 0.570. The van der Waals surface area contributed by atoms with Crippen LogP contribution in [0.1, 0.15) is 24.5 Å². The van der Waals surface area contributed by atoms with Crippen molar-refractivity contribution in [3.8, 4) is 0 Å². The SMILES string of the molecule is CC[C@H]1S/C(=N/N=C\c2ccc(Cl)cc2)N(Cc2ccccc2)C1=O. The molecule has 4 nitrogen and oxygen atoms in total. The minimum Gasteiger partial charge on any atom is -0.284 e. The monoisotopic (exact) mass is 371 g/mol. The summed E-state index contributed by atoms with van der Waals surface area (Å²) in [5, 5.41) is 9.68. The van der Waals surface area contributed by atoms with Crippen molar-refractivity contribution in [2.24, 2.45) is 10.2 Å². The van der Waals surface area contributed by atoms with Crippen LogP contribution in [-0.2, 0) is 11.3 Å². The number of thioether (sulfide) groups is 1. The minimum absolute atomic E-state index is 0.0896. The van der Waals surface area contributed by atoms with Gasteiger partial charge in [0, 0.05) is 5.02 Å². The molecular formula is C19H18ClN3OS. The van der Waals surface area contributed by atoms with E-state index in [1.165, 1.54) is 11.8 Å². The van der Waals surface area contributed by atoms with Gasteiger partial charge in [-0.25, -0.2) is 0 Å². The highest BCUT2D eigenvalue weighted by molar-refractivity contribution is 8.15. The highest BCUT2D eigenvalue weighted by Crippen LogP contribution is 2.30. The van der Waals surface area contributed by atoms with Gasteiger partial charge in [-0.2, -0.15) is 5.10 Å². The Kier molecular flexibility index (Phi) is 5.89. The van der Waals surface area contributed by atoms with Crippen LogP contribution in [0.4, 0.5) is 0 Å². The molecule has 0 bridgehead atoms. The third-order valence-electron chi connectivity index (χ3n) is 3.79. The van der Waals surface area contributed by atoms with E-state index in [2.05, 4.69) is 10.2 Å². The molecule has 1 amide bonds. The fraction of sp³-hybridized carbons (Fsp3) is 0.211. The lowest BCUT2D eigenvalue weighted by molar-refractivity contribution is -0.126. The first-order valence-corrected chi connectivity index (χ1v) is 9.31. The van der Waals surface area contributed by atoms with Crippen LogP contribution in [-0.4, -0.2) is 27.4 Å². The van der Waals surface area contributed by atoms with Gasteiger partial charge >= 0.3 is 0 Å². The van der Waals surface area contributed by atoms with Crippen LogP contribution in [0, 0.1) is 0 Å². The number of benzene rings is 2. The molecule has 1 saturated heterocycles. The first-order valence-electron chi connectivity index (χ1n) is 8.06. The molecule has 6 heteroatoms. The van der Waals surface area contributed by atoms with Crippen LogP contribution in [0.15, 0.2) is 64.8 Å². The Morgan fingerprint density at radius 1 is 1.16 bits per heavy atom. The molecule has 1 heterocycles. The number of amides is 1. The van der Waals surface area contributed by atoms with Crippen LogP contribution in [0.25, 0.3) is 0 Å². The summed E-state index contributed by atoms with van der Waals surface area (Å²) in [6.07, 6.45) is 2.43. The smallest absolute Gasteiger partial charge is 0.242 e. The summed E-state index contributed by atoms with van der Waals surface area (Å²) in [5.74, 6) is 0.0943. The van der Waals surface area contributed by atoms with E-state index in [1.54, 1.807) is 23.2 Å². The number of hydrogen-bond acceptors (Lipinski definition) is 4. The fourth-order valence-corrected chi connectivity index (χ4v) is 3.60. The Hall–Kier alpha value is -2.11. The Balaban J connectivity index is 1.78. The third-order valence-corrected chi connectivity index (χ3v) is 5.38. The molecule has 128 valence electrons. The third kappa shape index (κ3) is 4.50. The summed E-state index contributed by atoms with van der Waals surface area (Å²) >= 11 is 7.35. The molecule has 3 rings (SSSR count). The molecule has 0 N–H and O–H groups in total. The Bertz CT molecular complexity index is 790. The first-order chi connectivity index (χ1) is 12.2. The lowest BCUT2D eigenvalue weighted by Crippen LogP contribution is -2.31. The van der Waals surface area contributed by atoms with E-state index in [4.69, 9.17) is 11.6 Å². The van der Waals surface area contributed by atoms with Crippen molar-refractivity contribution in [1.82, 2.24) is 4.90 Å². The van der Waals surface area contributed by atoms with Gasteiger partial charge in [0.15, 0.2) is 5.17 Å². The van der Waals surface area contributed by atoms with Gasteiger partial charge in [-0.05, 0) is 29.7 Å². The summed E-state index contributed by atoms with van der Waals surface area (Å²) in [6, 6.07) is 17.3. The second-order valence-corrected chi connectivity index (χ2v) is 7.21. The van der Waals surface area contributed by atoms with Crippen molar-refractivity contribution in [3.63, 3.8) is 0 Å². The molecule has 1 atom stereocenters. The van der Waals surface area contributed by atoms with Gasteiger partial charge in [0.2, 0.25) is 5.91 Å². The molecule has 1 aliphatic heterocycles. The van der Waals surface area contributed by atoms with E-state index in [0.717, 1.165) is 17.5 Å². The number of hydrogen-bond donors (Lipinski definition) is 0. The van der Waals surface area contributed by atoms with E-state index >= 15 is 0 Å². The molecule has 2 aromatic rings. The van der Waals surface area contributed by atoms with Crippen molar-refractivity contribution >= 4 is 40.7 Å². The Morgan fingerprint density at radius 3 is 2.56 bits per heavy atom. The summed E-state index contributed by atoms with van der Waals surface area (Å²) in [5.41, 5.74) is 1.98. The van der Waals surface area contributed by atoms with Crippen LogP contribution in [0.2, 0.25) is 5.02 Å². The van der Waals surface area contributed by atoms with E-state index in [9.17, 15) is 4.79 Å². The second-order valence-electron chi connectivity index (χ2n) is 5.60. The average molecular weight is 372 g/mol. The molecule has 1 aliphatic rings. The number of nitrogens with zero attached hydrogens (tertiary/aromatic N) is 3. The van der Waals surface area contributed by atoms with Crippen LogP contribution >= 0.6 is 23.4 Å². The van der Waals surface area contributed by atoms with Crippen LogP contribution < -0.4 is 0 Å². The van der Waals surface area contributed by atoms with Crippen molar-refractivity contribution in [1.29, 1.82) is 0 Å². The van der Waals surface area contributed by atoms with Crippen molar-refractivity contribution in [3.05, 3.63) is 70.7 Å². The lowest BCUT2D eigenvalue weighted by atomic mass is 10.2. The molecule has 0 aromatic heterocycles. The standard InChI is InChI=1S/C19H18ClN3OS/c1-2-17-18(24)23(13-15-6-4-3-5-7-15)19(25-17)22-21-12-14-8-10-16(20)11-9-14/h3-12,17H,2,13H2,1H3/b21-12-,22-19+/t17-/m1/s1. The van der Waals surface area contributed by atoms with E-state index in [0.29, 0.717) is 16.7 Å². The highest BCUT2D eigenvalue weighted by atomic mass is 35.5. The number of carbonyl (C=O) groups excluding carboxylic acids is 1. The minimum atomic E-state index is -0.0896. The number of amidine groups is 1. The van der Waals surface area contributed by atoms with Gasteiger partial charge in [0.05, 0.1) is 18.0 Å². The van der Waals surface area contributed by atoms with Crippen LogP contribution in [0.5, 0.6) is 0 Å². The first kappa shape index (κ1) is 17.7. The second kappa shape index (κ2) is 8.32. The molecule has 0 radical (unpaired) electrons. The van der Waals surface area contributed by atoms with Crippen molar-refractivity contribution in [2.75, 3.05) is 0 Å². The van der Waals surface area contributed by atoms with E-state index in [-0.39, 0.29) is 11.2 Å². The van der Waals surface area contributed by atoms with Gasteiger partial charge in [-0.15, -0.1) is 5.10 Å². The molecule has 25 heavy (non-hydrogen) atoms. The van der Waals surface area contributed by atoms with Crippen molar-refractivity contribution < 1.29 is 4.79 Å². The molecular weight excluding hydrogens is 354 g/mol. The van der Waals surface area contributed by atoms with Gasteiger partial charge in [0.1, 0.15) is 0 Å². The number of halogens is 1. The fourth-order valence-electron chi connectivity index (χ4n) is 2.45. The average Bonchev–Trinajstić information content (AvgIpc) is 2.93. The van der Waals surface area contributed by atoms with E-state index in [1.807, 2.05) is 49.4 Å². The number of rotatable bonds is 5. The summed E-state index contributed by atoms with van der Waals surface area (Å²) in [6.45, 7) is 2.52. The maximum atomic E-state index is 12.6. The maximum Gasteiger partial charge on any atom is 0.242 e. The molecule has 0 aliphatic carbocycles. The van der Waals surface area contributed by atoms with E-state index < -0.39 is 0 Å². The lowest BCUT2D eigenvalue weighted by Gasteiger charge is -2.15. The summed E-state index contributed by atoms with van der Waals surface area (Å²) < 4.78 is 0. The summed E-state index contributed by atoms with van der Waals surface area (Å²) in [7, 11) is 0. The topological polar surface area (TPSA) is 45.0 Å². The molecule has 1 fully saturated rings. The predicted octanol–water partition coefficient (Wildman–Crippen LogP) is 4.58. The zero-order valence-corrected chi connectivity index (χ0v) is 15.4. The maximum absolute atomic E-state index is 12.6. The van der Waals surface area contributed by atoms with Crippen molar-refractivity contribution in [2.45, 2.75) is 25.1 Å². The molecule has 2 aromatic carbocycles. The van der Waals surface area contributed by atoms with Gasteiger partial charge in [-0.1, -0.05) is 72.8 Å². The van der Waals surface area contributed by atoms with Gasteiger partial charge < -0.3 is 0 Å². The molecule has 0 unspecified atom stereocenters. The van der Waals surface area contributed by atoms with Gasteiger partial charge in [-0.3, -0.25) is 9.69 Å². The van der Waals surface area contributed by atoms with Crippen LogP contribution in [0.3, 0.4) is 0 Å². The highest BCUT2D eigenvalue weighted by Gasteiger charge is 2.36. The Labute approximate surface area is 156 Å². The predicted molar refractivity (Wildman–Crippen MR) is 105 cm³/mol.